The molecule has 144 valence electrons. The first-order valence-electron chi connectivity index (χ1n) is 9.31. The summed E-state index contributed by atoms with van der Waals surface area (Å²) >= 11 is 1.66. The Morgan fingerprint density at radius 3 is 2.82 bits per heavy atom. The highest BCUT2D eigenvalue weighted by Gasteiger charge is 2.34. The van der Waals surface area contributed by atoms with E-state index in [2.05, 4.69) is 10.3 Å². The van der Waals surface area contributed by atoms with Crippen LogP contribution in [0.3, 0.4) is 0 Å². The second-order valence-corrected chi connectivity index (χ2v) is 7.86. The van der Waals surface area contributed by atoms with Crippen LogP contribution < -0.4 is 10.2 Å². The standard InChI is InChI=1S/C21H22N4O2S/c1-24-14-17(18-8-5-11-28-18)23-19(24)9-10-22-21(27)15-12-20(26)25(13-15)16-6-3-2-4-7-16/h2-8,11,14-15H,9-10,12-13H2,1H3,(H,22,27)/t15-/m0/s1. The number of aromatic nitrogens is 2. The highest BCUT2D eigenvalue weighted by molar-refractivity contribution is 7.13. The predicted molar refractivity (Wildman–Crippen MR) is 110 cm³/mol. The zero-order chi connectivity index (χ0) is 19.5. The molecule has 2 amide bonds. The molecule has 0 aliphatic carbocycles. The van der Waals surface area contributed by atoms with E-state index < -0.39 is 0 Å². The summed E-state index contributed by atoms with van der Waals surface area (Å²) in [6.07, 6.45) is 2.92. The molecule has 2 aromatic heterocycles. The number of carbonyl (C=O) groups excluding carboxylic acids is 2. The number of hydrogen-bond acceptors (Lipinski definition) is 4. The Labute approximate surface area is 167 Å². The van der Waals surface area contributed by atoms with Gasteiger partial charge in [-0.1, -0.05) is 24.3 Å². The van der Waals surface area contributed by atoms with Crippen LogP contribution in [0.4, 0.5) is 5.69 Å². The van der Waals surface area contributed by atoms with Crippen molar-refractivity contribution in [3.63, 3.8) is 0 Å². The molecule has 0 unspecified atom stereocenters. The first-order valence-corrected chi connectivity index (χ1v) is 10.2. The van der Waals surface area contributed by atoms with Gasteiger partial charge in [0, 0.05) is 44.9 Å². The molecule has 1 fully saturated rings. The molecule has 1 atom stereocenters. The maximum Gasteiger partial charge on any atom is 0.227 e. The Hall–Kier alpha value is -2.93. The van der Waals surface area contributed by atoms with Crippen LogP contribution in [0.5, 0.6) is 0 Å². The minimum atomic E-state index is -0.309. The molecule has 3 heterocycles. The number of carbonyl (C=O) groups is 2. The molecule has 7 heteroatoms. The molecule has 0 saturated carbocycles. The van der Waals surface area contributed by atoms with Gasteiger partial charge in [-0.2, -0.15) is 0 Å². The van der Waals surface area contributed by atoms with Gasteiger partial charge in [0.1, 0.15) is 5.82 Å². The smallest absolute Gasteiger partial charge is 0.227 e. The molecule has 1 aromatic carbocycles. The van der Waals surface area contributed by atoms with Crippen molar-refractivity contribution in [2.45, 2.75) is 12.8 Å². The van der Waals surface area contributed by atoms with E-state index in [1.165, 1.54) is 0 Å². The monoisotopic (exact) mass is 394 g/mol. The largest absolute Gasteiger partial charge is 0.355 e. The van der Waals surface area contributed by atoms with Crippen molar-refractivity contribution in [1.29, 1.82) is 0 Å². The van der Waals surface area contributed by atoms with Crippen LogP contribution in [-0.2, 0) is 23.1 Å². The molecular weight excluding hydrogens is 372 g/mol. The lowest BCUT2D eigenvalue weighted by Gasteiger charge is -2.16. The average Bonchev–Trinajstić information content (AvgIpc) is 3.43. The van der Waals surface area contributed by atoms with Gasteiger partial charge in [-0.25, -0.2) is 4.98 Å². The number of thiophene rings is 1. The SMILES string of the molecule is Cn1cc(-c2cccs2)nc1CCNC(=O)[C@H]1CC(=O)N(c2ccccc2)C1. The van der Waals surface area contributed by atoms with Crippen molar-refractivity contribution in [3.8, 4) is 10.6 Å². The Balaban J connectivity index is 1.31. The van der Waals surface area contributed by atoms with Crippen LogP contribution in [0.15, 0.2) is 54.0 Å². The second-order valence-electron chi connectivity index (χ2n) is 6.91. The molecule has 3 aromatic rings. The molecule has 1 saturated heterocycles. The van der Waals surface area contributed by atoms with Crippen LogP contribution in [0, 0.1) is 5.92 Å². The fraction of sp³-hybridized carbons (Fsp3) is 0.286. The van der Waals surface area contributed by atoms with E-state index in [0.717, 1.165) is 22.1 Å². The van der Waals surface area contributed by atoms with Crippen molar-refractivity contribution in [1.82, 2.24) is 14.9 Å². The number of nitrogens with one attached hydrogen (secondary N) is 1. The number of anilines is 1. The third-order valence-corrected chi connectivity index (χ3v) is 5.85. The van der Waals surface area contributed by atoms with E-state index in [-0.39, 0.29) is 24.2 Å². The van der Waals surface area contributed by atoms with Gasteiger partial charge in [-0.3, -0.25) is 9.59 Å². The molecule has 4 rings (SSSR count). The summed E-state index contributed by atoms with van der Waals surface area (Å²) in [4.78, 5) is 32.3. The Morgan fingerprint density at radius 2 is 2.07 bits per heavy atom. The van der Waals surface area contributed by atoms with Crippen molar-refractivity contribution >= 4 is 28.8 Å². The van der Waals surface area contributed by atoms with Gasteiger partial charge >= 0.3 is 0 Å². The Morgan fingerprint density at radius 1 is 1.25 bits per heavy atom. The molecule has 6 nitrogen and oxygen atoms in total. The molecule has 1 aliphatic rings. The first kappa shape index (κ1) is 18.4. The predicted octanol–water partition coefficient (Wildman–Crippen LogP) is 2.86. The highest BCUT2D eigenvalue weighted by Crippen LogP contribution is 2.25. The molecule has 0 bridgehead atoms. The number of hydrogen-bond donors (Lipinski definition) is 1. The third-order valence-electron chi connectivity index (χ3n) is 4.96. The van der Waals surface area contributed by atoms with Gasteiger partial charge < -0.3 is 14.8 Å². The zero-order valence-electron chi connectivity index (χ0n) is 15.7. The van der Waals surface area contributed by atoms with Crippen LogP contribution in [0.25, 0.3) is 10.6 Å². The van der Waals surface area contributed by atoms with Crippen LogP contribution in [0.1, 0.15) is 12.2 Å². The van der Waals surface area contributed by atoms with E-state index in [0.29, 0.717) is 19.5 Å². The van der Waals surface area contributed by atoms with Gasteiger partial charge in [0.2, 0.25) is 11.8 Å². The quantitative estimate of drug-likeness (QED) is 0.699. The number of imidazole rings is 1. The molecule has 0 spiro atoms. The van der Waals surface area contributed by atoms with Crippen molar-refractivity contribution in [2.75, 3.05) is 18.0 Å². The first-order chi connectivity index (χ1) is 13.6. The number of benzene rings is 1. The summed E-state index contributed by atoms with van der Waals surface area (Å²) in [5, 5.41) is 5.00. The van der Waals surface area contributed by atoms with Crippen LogP contribution in [0.2, 0.25) is 0 Å². The fourth-order valence-electron chi connectivity index (χ4n) is 3.46. The average molecular weight is 395 g/mol. The van der Waals surface area contributed by atoms with E-state index in [1.807, 2.05) is 65.7 Å². The normalized spacial score (nSPS) is 16.5. The number of rotatable bonds is 6. The summed E-state index contributed by atoms with van der Waals surface area (Å²) in [5.74, 6) is 0.545. The zero-order valence-corrected chi connectivity index (χ0v) is 16.5. The van der Waals surface area contributed by atoms with Gasteiger partial charge in [-0.05, 0) is 23.6 Å². The molecular formula is C21H22N4O2S. The van der Waals surface area contributed by atoms with Gasteiger partial charge in [-0.15, -0.1) is 11.3 Å². The second kappa shape index (κ2) is 7.98. The molecule has 1 aliphatic heterocycles. The van der Waals surface area contributed by atoms with E-state index >= 15 is 0 Å². The summed E-state index contributed by atoms with van der Waals surface area (Å²) in [7, 11) is 1.97. The fourth-order valence-corrected chi connectivity index (χ4v) is 4.14. The highest BCUT2D eigenvalue weighted by atomic mass is 32.1. The van der Waals surface area contributed by atoms with Gasteiger partial charge in [0.05, 0.1) is 16.5 Å². The van der Waals surface area contributed by atoms with Crippen molar-refractivity contribution in [2.24, 2.45) is 13.0 Å². The topological polar surface area (TPSA) is 67.2 Å². The van der Waals surface area contributed by atoms with Crippen molar-refractivity contribution in [3.05, 3.63) is 59.9 Å². The molecule has 28 heavy (non-hydrogen) atoms. The number of para-hydroxylation sites is 1. The lowest BCUT2D eigenvalue weighted by Crippen LogP contribution is -2.34. The van der Waals surface area contributed by atoms with E-state index in [1.54, 1.807) is 16.2 Å². The minimum Gasteiger partial charge on any atom is -0.355 e. The van der Waals surface area contributed by atoms with Gasteiger partial charge in [0.15, 0.2) is 0 Å². The van der Waals surface area contributed by atoms with Crippen molar-refractivity contribution < 1.29 is 9.59 Å². The molecule has 1 N–H and O–H groups in total. The Kier molecular flexibility index (Phi) is 5.25. The lowest BCUT2D eigenvalue weighted by molar-refractivity contribution is -0.126. The number of nitrogens with zero attached hydrogens (tertiary/aromatic N) is 3. The summed E-state index contributed by atoms with van der Waals surface area (Å²) in [5.41, 5.74) is 1.80. The molecule has 0 radical (unpaired) electrons. The number of aryl methyl sites for hydroxylation is 1. The Bertz CT molecular complexity index is 966. The lowest BCUT2D eigenvalue weighted by atomic mass is 10.1. The summed E-state index contributed by atoms with van der Waals surface area (Å²) in [6.45, 7) is 0.934. The van der Waals surface area contributed by atoms with E-state index in [4.69, 9.17) is 0 Å². The number of amides is 2. The minimum absolute atomic E-state index is 0.00367. The van der Waals surface area contributed by atoms with Crippen LogP contribution in [-0.4, -0.2) is 34.5 Å². The maximum absolute atomic E-state index is 12.5. The van der Waals surface area contributed by atoms with Gasteiger partial charge in [0.25, 0.3) is 0 Å². The van der Waals surface area contributed by atoms with E-state index in [9.17, 15) is 9.59 Å². The van der Waals surface area contributed by atoms with Crippen LogP contribution >= 0.6 is 11.3 Å². The summed E-state index contributed by atoms with van der Waals surface area (Å²) < 4.78 is 2.00. The maximum atomic E-state index is 12.5. The summed E-state index contributed by atoms with van der Waals surface area (Å²) in [6, 6.07) is 13.6. The third kappa shape index (κ3) is 3.84.